The molecule has 2 heteroatoms. The molecule has 2 atom stereocenters. The summed E-state index contributed by atoms with van der Waals surface area (Å²) >= 11 is 0. The van der Waals surface area contributed by atoms with Gasteiger partial charge in [-0.1, -0.05) is 6.92 Å². The van der Waals surface area contributed by atoms with Gasteiger partial charge in [-0.3, -0.25) is 4.79 Å². The number of hydrogen-bond donors (Lipinski definition) is 1. The van der Waals surface area contributed by atoms with Crippen LogP contribution in [-0.4, -0.2) is 19.4 Å². The van der Waals surface area contributed by atoms with Crippen LogP contribution < -0.4 is 5.32 Å². The number of rotatable bonds is 3. The second kappa shape index (κ2) is 2.35. The van der Waals surface area contributed by atoms with Crippen molar-refractivity contribution in [1.82, 2.24) is 5.32 Å². The molecule has 0 amide bonds. The summed E-state index contributed by atoms with van der Waals surface area (Å²) in [7, 11) is 1.90. The molecular formula is C8H15NO. The third kappa shape index (κ3) is 0.966. The average molecular weight is 141 g/mol. The Kier molecular flexibility index (Phi) is 1.82. The normalized spacial score (nSPS) is 37.7. The zero-order valence-corrected chi connectivity index (χ0v) is 6.90. The standard InChI is InChI=1S/C8H15NO/c1-6-4-8(6,5-9-3)7(2)10/h6,9H,4-5H2,1-3H3. The minimum Gasteiger partial charge on any atom is -0.319 e. The van der Waals surface area contributed by atoms with Crippen molar-refractivity contribution in [3.63, 3.8) is 0 Å². The van der Waals surface area contributed by atoms with Crippen molar-refractivity contribution in [3.8, 4) is 0 Å². The van der Waals surface area contributed by atoms with Crippen LogP contribution in [0.4, 0.5) is 0 Å². The smallest absolute Gasteiger partial charge is 0.137 e. The molecule has 1 rings (SSSR count). The number of carbonyl (C=O) groups excluding carboxylic acids is 1. The summed E-state index contributed by atoms with van der Waals surface area (Å²) < 4.78 is 0. The monoisotopic (exact) mass is 141 g/mol. The van der Waals surface area contributed by atoms with Gasteiger partial charge >= 0.3 is 0 Å². The van der Waals surface area contributed by atoms with E-state index in [-0.39, 0.29) is 5.41 Å². The molecule has 1 N–H and O–H groups in total. The molecule has 2 unspecified atom stereocenters. The van der Waals surface area contributed by atoms with Crippen molar-refractivity contribution < 1.29 is 4.79 Å². The molecule has 1 aliphatic carbocycles. The summed E-state index contributed by atoms with van der Waals surface area (Å²) in [4.78, 5) is 11.1. The maximum atomic E-state index is 11.1. The van der Waals surface area contributed by atoms with Crippen molar-refractivity contribution in [1.29, 1.82) is 0 Å². The third-order valence-corrected chi connectivity index (χ3v) is 2.65. The highest BCUT2D eigenvalue weighted by Gasteiger charge is 2.54. The summed E-state index contributed by atoms with van der Waals surface area (Å²) in [5, 5.41) is 3.06. The first-order valence-electron chi connectivity index (χ1n) is 3.79. The quantitative estimate of drug-likeness (QED) is 0.630. The number of Topliss-reactive ketones (excluding diaryl/α,β-unsaturated/α-hetero) is 1. The van der Waals surface area contributed by atoms with E-state index < -0.39 is 0 Å². The summed E-state index contributed by atoms with van der Waals surface area (Å²) in [6, 6.07) is 0. The van der Waals surface area contributed by atoms with Crippen molar-refractivity contribution in [2.45, 2.75) is 20.3 Å². The number of ketones is 1. The van der Waals surface area contributed by atoms with Crippen LogP contribution in [-0.2, 0) is 4.79 Å². The van der Waals surface area contributed by atoms with Crippen LogP contribution in [0.5, 0.6) is 0 Å². The molecular weight excluding hydrogens is 126 g/mol. The molecule has 0 aromatic heterocycles. The highest BCUT2D eigenvalue weighted by molar-refractivity contribution is 5.85. The van der Waals surface area contributed by atoms with E-state index in [1.807, 2.05) is 7.05 Å². The van der Waals surface area contributed by atoms with E-state index in [1.54, 1.807) is 6.92 Å². The van der Waals surface area contributed by atoms with Gasteiger partial charge in [0.25, 0.3) is 0 Å². The van der Waals surface area contributed by atoms with Gasteiger partial charge in [0, 0.05) is 12.0 Å². The Morgan fingerprint density at radius 3 is 2.40 bits per heavy atom. The molecule has 2 nitrogen and oxygen atoms in total. The van der Waals surface area contributed by atoms with Crippen molar-refractivity contribution in [2.75, 3.05) is 13.6 Å². The van der Waals surface area contributed by atoms with E-state index >= 15 is 0 Å². The van der Waals surface area contributed by atoms with Crippen LogP contribution in [0, 0.1) is 11.3 Å². The second-order valence-corrected chi connectivity index (χ2v) is 3.35. The molecule has 58 valence electrons. The first-order valence-corrected chi connectivity index (χ1v) is 3.79. The summed E-state index contributed by atoms with van der Waals surface area (Å²) in [5.74, 6) is 0.937. The second-order valence-electron chi connectivity index (χ2n) is 3.35. The van der Waals surface area contributed by atoms with Gasteiger partial charge in [-0.2, -0.15) is 0 Å². The first kappa shape index (κ1) is 7.73. The topological polar surface area (TPSA) is 29.1 Å². The predicted octanol–water partition coefficient (Wildman–Crippen LogP) is 0.821. The minimum atomic E-state index is 0.00868. The minimum absolute atomic E-state index is 0.00868. The fourth-order valence-electron chi connectivity index (χ4n) is 1.66. The van der Waals surface area contributed by atoms with Crippen LogP contribution in [0.15, 0.2) is 0 Å². The summed E-state index contributed by atoms with van der Waals surface area (Å²) in [6.07, 6.45) is 1.07. The number of hydrogen-bond acceptors (Lipinski definition) is 2. The lowest BCUT2D eigenvalue weighted by atomic mass is 10.00. The largest absolute Gasteiger partial charge is 0.319 e. The maximum Gasteiger partial charge on any atom is 0.137 e. The Balaban J connectivity index is 2.55. The zero-order chi connectivity index (χ0) is 7.78. The van der Waals surface area contributed by atoms with Crippen LogP contribution in [0.1, 0.15) is 20.3 Å². The Labute approximate surface area is 62.0 Å². The van der Waals surface area contributed by atoms with Crippen LogP contribution in [0.2, 0.25) is 0 Å². The molecule has 10 heavy (non-hydrogen) atoms. The Hall–Kier alpha value is -0.370. The molecule has 0 bridgehead atoms. The summed E-state index contributed by atoms with van der Waals surface area (Å²) in [5.41, 5.74) is 0.00868. The number of carbonyl (C=O) groups is 1. The highest BCUT2D eigenvalue weighted by Crippen LogP contribution is 2.52. The van der Waals surface area contributed by atoms with E-state index in [1.165, 1.54) is 0 Å². The van der Waals surface area contributed by atoms with Crippen LogP contribution in [0.25, 0.3) is 0 Å². The van der Waals surface area contributed by atoms with E-state index in [0.29, 0.717) is 11.7 Å². The van der Waals surface area contributed by atoms with Crippen molar-refractivity contribution in [2.24, 2.45) is 11.3 Å². The molecule has 0 spiro atoms. The maximum absolute atomic E-state index is 11.1. The molecule has 1 saturated carbocycles. The van der Waals surface area contributed by atoms with Gasteiger partial charge in [0.1, 0.15) is 5.78 Å². The van der Waals surface area contributed by atoms with Gasteiger partial charge in [0.05, 0.1) is 0 Å². The first-order chi connectivity index (χ1) is 4.63. The molecule has 0 aliphatic heterocycles. The molecule has 0 saturated heterocycles. The lowest BCUT2D eigenvalue weighted by Gasteiger charge is -2.10. The van der Waals surface area contributed by atoms with E-state index in [4.69, 9.17) is 0 Å². The highest BCUT2D eigenvalue weighted by atomic mass is 16.1. The fourth-order valence-corrected chi connectivity index (χ4v) is 1.66. The van der Waals surface area contributed by atoms with Crippen molar-refractivity contribution in [3.05, 3.63) is 0 Å². The predicted molar refractivity (Wildman–Crippen MR) is 40.8 cm³/mol. The third-order valence-electron chi connectivity index (χ3n) is 2.65. The molecule has 1 fully saturated rings. The zero-order valence-electron chi connectivity index (χ0n) is 6.90. The van der Waals surface area contributed by atoms with Crippen LogP contribution >= 0.6 is 0 Å². The van der Waals surface area contributed by atoms with E-state index in [2.05, 4.69) is 12.2 Å². The Bertz CT molecular complexity index is 155. The molecule has 0 aromatic rings. The van der Waals surface area contributed by atoms with Crippen molar-refractivity contribution >= 4 is 5.78 Å². The average Bonchev–Trinajstić information content (AvgIpc) is 2.44. The van der Waals surface area contributed by atoms with Gasteiger partial charge in [-0.15, -0.1) is 0 Å². The van der Waals surface area contributed by atoms with Gasteiger partial charge in [-0.05, 0) is 26.3 Å². The summed E-state index contributed by atoms with van der Waals surface area (Å²) in [6.45, 7) is 4.68. The van der Waals surface area contributed by atoms with Gasteiger partial charge < -0.3 is 5.32 Å². The number of nitrogens with one attached hydrogen (secondary N) is 1. The lowest BCUT2D eigenvalue weighted by molar-refractivity contribution is -0.122. The van der Waals surface area contributed by atoms with Gasteiger partial charge in [0.2, 0.25) is 0 Å². The van der Waals surface area contributed by atoms with Gasteiger partial charge in [-0.25, -0.2) is 0 Å². The fraction of sp³-hybridized carbons (Fsp3) is 0.875. The molecule has 0 heterocycles. The van der Waals surface area contributed by atoms with E-state index in [9.17, 15) is 4.79 Å². The molecule has 1 aliphatic rings. The SMILES string of the molecule is CNCC1(C(C)=O)CC1C. The molecule has 0 aromatic carbocycles. The molecule has 0 radical (unpaired) electrons. The Morgan fingerprint density at radius 1 is 1.80 bits per heavy atom. The lowest BCUT2D eigenvalue weighted by Crippen LogP contribution is -2.27. The van der Waals surface area contributed by atoms with Crippen LogP contribution in [0.3, 0.4) is 0 Å². The van der Waals surface area contributed by atoms with Gasteiger partial charge in [0.15, 0.2) is 0 Å². The Morgan fingerprint density at radius 2 is 2.30 bits per heavy atom. The van der Waals surface area contributed by atoms with E-state index in [0.717, 1.165) is 13.0 Å².